The van der Waals surface area contributed by atoms with Gasteiger partial charge in [-0.3, -0.25) is 4.79 Å². The second kappa shape index (κ2) is 6.09. The van der Waals surface area contributed by atoms with Gasteiger partial charge in [0.05, 0.1) is 13.2 Å². The zero-order valence-electron chi connectivity index (χ0n) is 13.6. The van der Waals surface area contributed by atoms with Gasteiger partial charge in [-0.25, -0.2) is 4.98 Å². The smallest absolute Gasteiger partial charge is 0.254 e. The number of carbonyl (C=O) groups excluding carboxylic acids is 1. The molecule has 24 heavy (non-hydrogen) atoms. The molecule has 2 aromatic heterocycles. The Hall–Kier alpha value is -2.66. The highest BCUT2D eigenvalue weighted by atomic mass is 16.5. The molecule has 0 saturated carbocycles. The zero-order chi connectivity index (χ0) is 16.5. The van der Waals surface area contributed by atoms with Crippen LogP contribution in [0.4, 0.5) is 0 Å². The van der Waals surface area contributed by atoms with E-state index < -0.39 is 0 Å². The van der Waals surface area contributed by atoms with Gasteiger partial charge < -0.3 is 14.6 Å². The third kappa shape index (κ3) is 2.67. The lowest BCUT2D eigenvalue weighted by atomic mass is 10.0. The zero-order valence-corrected chi connectivity index (χ0v) is 13.6. The minimum Gasteiger partial charge on any atom is -0.378 e. The summed E-state index contributed by atoms with van der Waals surface area (Å²) in [6.07, 6.45) is 3.80. The van der Waals surface area contributed by atoms with Gasteiger partial charge in [0.2, 0.25) is 0 Å². The fraction of sp³-hybridized carbons (Fsp3) is 0.263. The molecule has 1 amide bonds. The quantitative estimate of drug-likeness (QED) is 0.789. The van der Waals surface area contributed by atoms with Crippen LogP contribution in [-0.4, -0.2) is 47.1 Å². The highest BCUT2D eigenvalue weighted by molar-refractivity contribution is 5.96. The van der Waals surface area contributed by atoms with Crippen molar-refractivity contribution in [2.45, 2.75) is 6.92 Å². The topological polar surface area (TPSA) is 58.2 Å². The van der Waals surface area contributed by atoms with E-state index in [0.717, 1.165) is 22.2 Å². The van der Waals surface area contributed by atoms with E-state index in [4.69, 9.17) is 4.74 Å². The van der Waals surface area contributed by atoms with Gasteiger partial charge in [0.25, 0.3) is 5.91 Å². The maximum atomic E-state index is 12.7. The second-order valence-corrected chi connectivity index (χ2v) is 6.08. The minimum absolute atomic E-state index is 0.0620. The number of pyridine rings is 1. The maximum absolute atomic E-state index is 12.7. The van der Waals surface area contributed by atoms with E-state index in [1.54, 1.807) is 0 Å². The lowest BCUT2D eigenvalue weighted by molar-refractivity contribution is 0.0303. The summed E-state index contributed by atoms with van der Waals surface area (Å²) in [4.78, 5) is 22.1. The van der Waals surface area contributed by atoms with Gasteiger partial charge in [-0.1, -0.05) is 12.1 Å². The molecule has 5 heteroatoms. The first-order valence-electron chi connectivity index (χ1n) is 8.13. The molecular weight excluding hydrogens is 302 g/mol. The van der Waals surface area contributed by atoms with E-state index in [2.05, 4.69) is 23.0 Å². The van der Waals surface area contributed by atoms with Crippen molar-refractivity contribution in [3.05, 3.63) is 53.9 Å². The number of hydrogen-bond acceptors (Lipinski definition) is 3. The van der Waals surface area contributed by atoms with Crippen LogP contribution in [0.3, 0.4) is 0 Å². The molecule has 5 nitrogen and oxygen atoms in total. The summed E-state index contributed by atoms with van der Waals surface area (Å²) in [5.74, 6) is 0.0620. The normalized spacial score (nSPS) is 15.0. The summed E-state index contributed by atoms with van der Waals surface area (Å²) in [7, 11) is 0. The lowest BCUT2D eigenvalue weighted by Gasteiger charge is -2.27. The molecule has 0 spiro atoms. The number of fused-ring (bicyclic) bond motifs is 1. The number of aromatic amines is 1. The molecule has 0 aliphatic carbocycles. The number of nitrogens with one attached hydrogen (secondary N) is 1. The summed E-state index contributed by atoms with van der Waals surface area (Å²) in [5, 5.41) is 1.11. The summed E-state index contributed by atoms with van der Waals surface area (Å²) >= 11 is 0. The number of benzene rings is 1. The summed E-state index contributed by atoms with van der Waals surface area (Å²) in [6, 6.07) is 9.88. The van der Waals surface area contributed by atoms with Crippen molar-refractivity contribution in [3.63, 3.8) is 0 Å². The SMILES string of the molecule is Cc1c[nH]c2ncc(-c3cccc(C(=O)N4CCOCC4)c3)cc12. The molecule has 0 bridgehead atoms. The van der Waals surface area contributed by atoms with Crippen LogP contribution in [0.1, 0.15) is 15.9 Å². The molecule has 0 atom stereocenters. The first kappa shape index (κ1) is 14.9. The number of aryl methyl sites for hydroxylation is 1. The Morgan fingerprint density at radius 1 is 1.21 bits per heavy atom. The average molecular weight is 321 g/mol. The minimum atomic E-state index is 0.0620. The molecule has 1 aliphatic heterocycles. The Morgan fingerprint density at radius 2 is 2.04 bits per heavy atom. The van der Waals surface area contributed by atoms with E-state index in [0.29, 0.717) is 31.9 Å². The van der Waals surface area contributed by atoms with Crippen LogP contribution in [-0.2, 0) is 4.74 Å². The van der Waals surface area contributed by atoms with Crippen LogP contribution < -0.4 is 0 Å². The number of ether oxygens (including phenoxy) is 1. The predicted molar refractivity (Wildman–Crippen MR) is 93.0 cm³/mol. The first-order chi connectivity index (χ1) is 11.7. The Labute approximate surface area is 140 Å². The molecule has 0 radical (unpaired) electrons. The van der Waals surface area contributed by atoms with Crippen LogP contribution in [0.25, 0.3) is 22.2 Å². The van der Waals surface area contributed by atoms with Crippen molar-refractivity contribution in [3.8, 4) is 11.1 Å². The highest BCUT2D eigenvalue weighted by Crippen LogP contribution is 2.25. The van der Waals surface area contributed by atoms with Gasteiger partial charge >= 0.3 is 0 Å². The fourth-order valence-electron chi connectivity index (χ4n) is 3.07. The van der Waals surface area contributed by atoms with E-state index in [-0.39, 0.29) is 5.91 Å². The molecule has 3 aromatic rings. The van der Waals surface area contributed by atoms with Gasteiger partial charge in [-0.2, -0.15) is 0 Å². The van der Waals surface area contributed by atoms with E-state index in [1.165, 1.54) is 5.56 Å². The lowest BCUT2D eigenvalue weighted by Crippen LogP contribution is -2.40. The molecule has 122 valence electrons. The number of H-pyrrole nitrogens is 1. The molecule has 1 aromatic carbocycles. The second-order valence-electron chi connectivity index (χ2n) is 6.08. The van der Waals surface area contributed by atoms with Crippen molar-refractivity contribution in [2.24, 2.45) is 0 Å². The predicted octanol–water partition coefficient (Wildman–Crippen LogP) is 3.01. The molecule has 1 saturated heterocycles. The number of nitrogens with zero attached hydrogens (tertiary/aromatic N) is 2. The van der Waals surface area contributed by atoms with Crippen LogP contribution >= 0.6 is 0 Å². The Balaban J connectivity index is 1.68. The first-order valence-corrected chi connectivity index (χ1v) is 8.13. The molecule has 1 fully saturated rings. The van der Waals surface area contributed by atoms with Crippen LogP contribution in [0.15, 0.2) is 42.7 Å². The number of carbonyl (C=O) groups is 1. The van der Waals surface area contributed by atoms with Gasteiger partial charge in [0, 0.05) is 42.0 Å². The summed E-state index contributed by atoms with van der Waals surface area (Å²) in [5.41, 5.74) is 4.78. The summed E-state index contributed by atoms with van der Waals surface area (Å²) < 4.78 is 5.32. The Kier molecular flexibility index (Phi) is 3.78. The van der Waals surface area contributed by atoms with Crippen LogP contribution in [0, 0.1) is 6.92 Å². The Morgan fingerprint density at radius 3 is 2.88 bits per heavy atom. The number of amides is 1. The number of morpholine rings is 1. The van der Waals surface area contributed by atoms with Gasteiger partial charge in [-0.15, -0.1) is 0 Å². The molecule has 1 aliphatic rings. The molecule has 4 rings (SSSR count). The molecule has 3 heterocycles. The van der Waals surface area contributed by atoms with Crippen molar-refractivity contribution in [1.29, 1.82) is 0 Å². The van der Waals surface area contributed by atoms with Gasteiger partial charge in [0.1, 0.15) is 5.65 Å². The molecule has 1 N–H and O–H groups in total. The third-order valence-corrected chi connectivity index (χ3v) is 4.48. The fourth-order valence-corrected chi connectivity index (χ4v) is 3.07. The van der Waals surface area contributed by atoms with Crippen LogP contribution in [0.2, 0.25) is 0 Å². The summed E-state index contributed by atoms with van der Waals surface area (Å²) in [6.45, 7) is 4.58. The van der Waals surface area contributed by atoms with Crippen LogP contribution in [0.5, 0.6) is 0 Å². The number of aromatic nitrogens is 2. The number of hydrogen-bond donors (Lipinski definition) is 1. The van der Waals surface area contributed by atoms with Gasteiger partial charge in [0.15, 0.2) is 0 Å². The van der Waals surface area contributed by atoms with E-state index >= 15 is 0 Å². The third-order valence-electron chi connectivity index (χ3n) is 4.48. The van der Waals surface area contributed by atoms with E-state index in [1.807, 2.05) is 41.6 Å². The average Bonchev–Trinajstić information content (AvgIpc) is 3.02. The van der Waals surface area contributed by atoms with Crippen molar-refractivity contribution >= 4 is 16.9 Å². The molecule has 0 unspecified atom stereocenters. The number of rotatable bonds is 2. The molecular formula is C19H19N3O2. The van der Waals surface area contributed by atoms with Gasteiger partial charge in [-0.05, 0) is 36.2 Å². The maximum Gasteiger partial charge on any atom is 0.254 e. The van der Waals surface area contributed by atoms with Crippen molar-refractivity contribution in [2.75, 3.05) is 26.3 Å². The van der Waals surface area contributed by atoms with Crippen molar-refractivity contribution in [1.82, 2.24) is 14.9 Å². The highest BCUT2D eigenvalue weighted by Gasteiger charge is 2.18. The largest absolute Gasteiger partial charge is 0.378 e. The monoisotopic (exact) mass is 321 g/mol. The standard InChI is InChI=1S/C19H19N3O2/c1-13-11-20-18-17(13)10-16(12-21-18)14-3-2-4-15(9-14)19(23)22-5-7-24-8-6-22/h2-4,9-12H,5-8H2,1H3,(H,20,21). The Bertz CT molecular complexity index is 895. The van der Waals surface area contributed by atoms with E-state index in [9.17, 15) is 4.79 Å². The van der Waals surface area contributed by atoms with Crippen molar-refractivity contribution < 1.29 is 9.53 Å².